The molecule has 1 N–H and O–H groups in total. The summed E-state index contributed by atoms with van der Waals surface area (Å²) in [5.41, 5.74) is 1.62. The predicted molar refractivity (Wildman–Crippen MR) is 84.0 cm³/mol. The highest BCUT2D eigenvalue weighted by Crippen LogP contribution is 2.13. The number of halogens is 2. The molecule has 0 aliphatic heterocycles. The fourth-order valence-electron chi connectivity index (χ4n) is 2.18. The van der Waals surface area contributed by atoms with Crippen LogP contribution in [0, 0.1) is 0 Å². The number of alkyl halides is 2. The molecule has 0 fully saturated rings. The zero-order valence-corrected chi connectivity index (χ0v) is 12.8. The molecule has 2 aromatic rings. The number of hydrogen-bond acceptors (Lipinski definition) is 2. The van der Waals surface area contributed by atoms with Gasteiger partial charge in [0.2, 0.25) is 0 Å². The van der Waals surface area contributed by atoms with Crippen LogP contribution in [0.15, 0.2) is 54.9 Å². The number of carbonyl (C=O) groups is 1. The first-order valence-electron chi connectivity index (χ1n) is 7.33. The van der Waals surface area contributed by atoms with Crippen LogP contribution in [-0.2, 0) is 6.54 Å². The molecule has 2 amide bonds. The van der Waals surface area contributed by atoms with Gasteiger partial charge in [-0.3, -0.25) is 4.98 Å². The number of rotatable bonds is 6. The largest absolute Gasteiger partial charge is 0.331 e. The molecule has 4 nitrogen and oxygen atoms in total. The van der Waals surface area contributed by atoms with Gasteiger partial charge in [-0.2, -0.15) is 0 Å². The van der Waals surface area contributed by atoms with Gasteiger partial charge in [0, 0.05) is 18.9 Å². The number of urea groups is 1. The Morgan fingerprint density at radius 3 is 2.57 bits per heavy atom. The summed E-state index contributed by atoms with van der Waals surface area (Å²) < 4.78 is 25.6. The van der Waals surface area contributed by atoms with E-state index in [2.05, 4.69) is 10.3 Å². The van der Waals surface area contributed by atoms with Crippen molar-refractivity contribution in [3.05, 3.63) is 66.0 Å². The van der Waals surface area contributed by atoms with E-state index < -0.39 is 19.0 Å². The van der Waals surface area contributed by atoms with Crippen LogP contribution in [0.5, 0.6) is 0 Å². The number of aromatic nitrogens is 1. The fourth-order valence-corrected chi connectivity index (χ4v) is 2.18. The number of carbonyl (C=O) groups excluding carboxylic acids is 1. The molecule has 0 saturated carbocycles. The van der Waals surface area contributed by atoms with Crippen LogP contribution in [0.4, 0.5) is 13.6 Å². The van der Waals surface area contributed by atoms with Gasteiger partial charge in [0.15, 0.2) is 0 Å². The Hall–Kier alpha value is -2.50. The van der Waals surface area contributed by atoms with E-state index in [0.29, 0.717) is 0 Å². The first-order valence-corrected chi connectivity index (χ1v) is 7.33. The summed E-state index contributed by atoms with van der Waals surface area (Å²) in [4.78, 5) is 17.4. The summed E-state index contributed by atoms with van der Waals surface area (Å²) in [6, 6.07) is 11.8. The SMILES string of the molecule is C[C@@H](NC(=O)N(Cc1ccccc1)CC(F)F)c1cccnc1. The van der Waals surface area contributed by atoms with Crippen LogP contribution in [0.2, 0.25) is 0 Å². The lowest BCUT2D eigenvalue weighted by Crippen LogP contribution is -2.42. The highest BCUT2D eigenvalue weighted by Gasteiger charge is 2.20. The molecule has 1 heterocycles. The van der Waals surface area contributed by atoms with E-state index in [1.54, 1.807) is 37.5 Å². The molecule has 0 radical (unpaired) electrons. The van der Waals surface area contributed by atoms with E-state index in [0.717, 1.165) is 16.0 Å². The number of nitrogens with zero attached hydrogens (tertiary/aromatic N) is 2. The minimum atomic E-state index is -2.59. The summed E-state index contributed by atoms with van der Waals surface area (Å²) in [6.45, 7) is 1.31. The monoisotopic (exact) mass is 319 g/mol. The van der Waals surface area contributed by atoms with E-state index in [9.17, 15) is 13.6 Å². The van der Waals surface area contributed by atoms with Gasteiger partial charge < -0.3 is 10.2 Å². The average Bonchev–Trinajstić information content (AvgIpc) is 2.55. The van der Waals surface area contributed by atoms with Crippen molar-refractivity contribution in [1.82, 2.24) is 15.2 Å². The normalized spacial score (nSPS) is 12.0. The minimum Gasteiger partial charge on any atom is -0.331 e. The topological polar surface area (TPSA) is 45.2 Å². The van der Waals surface area contributed by atoms with Gasteiger partial charge in [-0.1, -0.05) is 36.4 Å². The van der Waals surface area contributed by atoms with Crippen molar-refractivity contribution in [1.29, 1.82) is 0 Å². The van der Waals surface area contributed by atoms with Crippen molar-refractivity contribution in [3.8, 4) is 0 Å². The minimum absolute atomic E-state index is 0.136. The maximum absolute atomic E-state index is 12.8. The van der Waals surface area contributed by atoms with Crippen LogP contribution in [0.1, 0.15) is 24.1 Å². The van der Waals surface area contributed by atoms with E-state index >= 15 is 0 Å². The molecule has 0 aliphatic rings. The molecule has 1 atom stereocenters. The number of nitrogens with one attached hydrogen (secondary N) is 1. The second kappa shape index (κ2) is 8.22. The van der Waals surface area contributed by atoms with Crippen LogP contribution >= 0.6 is 0 Å². The predicted octanol–water partition coefficient (Wildman–Crippen LogP) is 3.62. The maximum Gasteiger partial charge on any atom is 0.318 e. The van der Waals surface area contributed by atoms with Crippen LogP contribution in [0.3, 0.4) is 0 Å². The summed E-state index contributed by atoms with van der Waals surface area (Å²) >= 11 is 0. The molecular weight excluding hydrogens is 300 g/mol. The molecule has 6 heteroatoms. The number of amides is 2. The zero-order valence-electron chi connectivity index (χ0n) is 12.8. The highest BCUT2D eigenvalue weighted by atomic mass is 19.3. The summed E-state index contributed by atoms with van der Waals surface area (Å²) in [6.07, 6.45) is 0.689. The molecule has 23 heavy (non-hydrogen) atoms. The Morgan fingerprint density at radius 1 is 1.22 bits per heavy atom. The van der Waals surface area contributed by atoms with Crippen molar-refractivity contribution in [2.24, 2.45) is 0 Å². The van der Waals surface area contributed by atoms with Crippen LogP contribution in [0.25, 0.3) is 0 Å². The van der Waals surface area contributed by atoms with Crippen molar-refractivity contribution < 1.29 is 13.6 Å². The second-order valence-electron chi connectivity index (χ2n) is 5.21. The van der Waals surface area contributed by atoms with E-state index in [1.165, 1.54) is 0 Å². The zero-order chi connectivity index (χ0) is 16.7. The van der Waals surface area contributed by atoms with Crippen LogP contribution in [-0.4, -0.2) is 28.9 Å². The molecular formula is C17H19F2N3O. The number of hydrogen-bond donors (Lipinski definition) is 1. The summed E-state index contributed by atoms with van der Waals surface area (Å²) in [5, 5.41) is 2.74. The smallest absolute Gasteiger partial charge is 0.318 e. The van der Waals surface area contributed by atoms with Gasteiger partial charge in [-0.05, 0) is 24.1 Å². The molecule has 0 aliphatic carbocycles. The van der Waals surface area contributed by atoms with Crippen molar-refractivity contribution in [3.63, 3.8) is 0 Å². The van der Waals surface area contributed by atoms with Crippen molar-refractivity contribution in [2.75, 3.05) is 6.54 Å². The van der Waals surface area contributed by atoms with Gasteiger partial charge >= 0.3 is 6.03 Å². The van der Waals surface area contributed by atoms with Crippen molar-refractivity contribution in [2.45, 2.75) is 25.9 Å². The Labute approximate surface area is 134 Å². The molecule has 0 unspecified atom stereocenters. The Balaban J connectivity index is 2.04. The third-order valence-corrected chi connectivity index (χ3v) is 3.39. The Morgan fingerprint density at radius 2 is 1.96 bits per heavy atom. The van der Waals surface area contributed by atoms with E-state index in [-0.39, 0.29) is 12.6 Å². The lowest BCUT2D eigenvalue weighted by molar-refractivity contribution is 0.0949. The summed E-state index contributed by atoms with van der Waals surface area (Å²) in [7, 11) is 0. The van der Waals surface area contributed by atoms with Gasteiger partial charge in [0.25, 0.3) is 6.43 Å². The van der Waals surface area contributed by atoms with Gasteiger partial charge in [-0.15, -0.1) is 0 Å². The van der Waals surface area contributed by atoms with Gasteiger partial charge in [0.05, 0.1) is 12.6 Å². The fraction of sp³-hybridized carbons (Fsp3) is 0.294. The number of benzene rings is 1. The molecule has 0 spiro atoms. The molecule has 1 aromatic carbocycles. The Bertz CT molecular complexity index is 608. The maximum atomic E-state index is 12.8. The molecule has 1 aromatic heterocycles. The first kappa shape index (κ1) is 16.9. The third-order valence-electron chi connectivity index (χ3n) is 3.39. The highest BCUT2D eigenvalue weighted by molar-refractivity contribution is 5.74. The lowest BCUT2D eigenvalue weighted by Gasteiger charge is -2.25. The molecule has 2 rings (SSSR count). The van der Waals surface area contributed by atoms with Crippen LogP contribution < -0.4 is 5.32 Å². The molecule has 0 bridgehead atoms. The number of pyridine rings is 1. The lowest BCUT2D eigenvalue weighted by atomic mass is 10.1. The van der Waals surface area contributed by atoms with Gasteiger partial charge in [0.1, 0.15) is 0 Å². The third kappa shape index (κ3) is 5.32. The standard InChI is InChI=1S/C17H19F2N3O/c1-13(15-8-5-9-20-10-15)21-17(23)22(12-16(18)19)11-14-6-3-2-4-7-14/h2-10,13,16H,11-12H2,1H3,(H,21,23)/t13-/m1/s1. The second-order valence-corrected chi connectivity index (χ2v) is 5.21. The summed E-state index contributed by atoms with van der Waals surface area (Å²) in [5.74, 6) is 0. The molecule has 0 saturated heterocycles. The van der Waals surface area contributed by atoms with Crippen molar-refractivity contribution >= 4 is 6.03 Å². The van der Waals surface area contributed by atoms with Gasteiger partial charge in [-0.25, -0.2) is 13.6 Å². The Kier molecular flexibility index (Phi) is 6.02. The van der Waals surface area contributed by atoms with E-state index in [1.807, 2.05) is 24.3 Å². The average molecular weight is 319 g/mol. The first-order chi connectivity index (χ1) is 11.1. The van der Waals surface area contributed by atoms with E-state index in [4.69, 9.17) is 0 Å². The molecule has 122 valence electrons. The quantitative estimate of drug-likeness (QED) is 0.884.